The molecule has 34 heavy (non-hydrogen) atoms. The van der Waals surface area contributed by atoms with Gasteiger partial charge in [-0.15, -0.1) is 47.5 Å². The monoisotopic (exact) mass is 628 g/mol. The van der Waals surface area contributed by atoms with Crippen molar-refractivity contribution in [1.82, 2.24) is 14.5 Å². The number of hydrogen-bond donors (Lipinski definition) is 0. The number of rotatable bonds is 2. The second-order valence-corrected chi connectivity index (χ2v) is 7.60. The van der Waals surface area contributed by atoms with Crippen molar-refractivity contribution >= 4 is 0 Å². The Labute approximate surface area is 210 Å². The molecule has 1 aliphatic heterocycles. The quantitative estimate of drug-likeness (QED) is 0.212. The third-order valence-corrected chi connectivity index (χ3v) is 5.49. The number of aryl methyl sites for hydroxylation is 2. The molecule has 0 saturated carbocycles. The normalized spacial score (nSPS) is 11.4. The van der Waals surface area contributed by atoms with Gasteiger partial charge in [0, 0.05) is 56.9 Å². The fourth-order valence-corrected chi connectivity index (χ4v) is 3.83. The third kappa shape index (κ3) is 5.04. The zero-order valence-corrected chi connectivity index (χ0v) is 20.4. The molecule has 0 fully saturated rings. The summed E-state index contributed by atoms with van der Waals surface area (Å²) in [6.07, 6.45) is 6.64. The van der Waals surface area contributed by atoms with E-state index in [-0.39, 0.29) is 25.7 Å². The molecule has 0 spiro atoms. The molecule has 1 radical (unpaired) electrons. The molecule has 5 aromatic rings. The number of fused-ring (bicyclic) bond motifs is 3. The SMILES string of the molecule is Fc1c[c-]c(-c2ccc(-c3ccccc3)cn2)c(F)c1.[Ir].[c-]1cccc2c1-c1nccn1CC2. The maximum absolute atomic E-state index is 13.6. The van der Waals surface area contributed by atoms with Gasteiger partial charge in [-0.25, -0.2) is 0 Å². The van der Waals surface area contributed by atoms with Crippen LogP contribution in [0.25, 0.3) is 33.8 Å². The van der Waals surface area contributed by atoms with E-state index in [0.29, 0.717) is 5.69 Å². The molecule has 171 valence electrons. The minimum Gasteiger partial charge on any atom is -0.371 e. The molecular formula is C28H19F2IrN3-2. The van der Waals surface area contributed by atoms with E-state index in [0.717, 1.165) is 42.0 Å². The van der Waals surface area contributed by atoms with Gasteiger partial charge in [-0.3, -0.25) is 13.8 Å². The summed E-state index contributed by atoms with van der Waals surface area (Å²) in [5.74, 6) is -0.251. The van der Waals surface area contributed by atoms with Crippen molar-refractivity contribution in [3.8, 4) is 33.8 Å². The molecule has 3 heterocycles. The molecule has 6 heteroatoms. The van der Waals surface area contributed by atoms with Crippen LogP contribution in [0.3, 0.4) is 0 Å². The van der Waals surface area contributed by atoms with Gasteiger partial charge in [0.05, 0.1) is 5.82 Å². The minimum absolute atomic E-state index is 0. The number of pyridine rings is 1. The average Bonchev–Trinajstić information content (AvgIpc) is 3.35. The average molecular weight is 628 g/mol. The van der Waals surface area contributed by atoms with Crippen LogP contribution in [0.2, 0.25) is 0 Å². The first-order valence-corrected chi connectivity index (χ1v) is 10.6. The van der Waals surface area contributed by atoms with E-state index < -0.39 is 11.6 Å². The van der Waals surface area contributed by atoms with Gasteiger partial charge in [-0.2, -0.15) is 0 Å². The van der Waals surface area contributed by atoms with E-state index in [4.69, 9.17) is 0 Å². The van der Waals surface area contributed by atoms with Gasteiger partial charge in [-0.1, -0.05) is 54.1 Å². The first-order chi connectivity index (χ1) is 16.2. The van der Waals surface area contributed by atoms with Crippen LogP contribution in [-0.2, 0) is 33.1 Å². The number of aromatic nitrogens is 3. The summed E-state index contributed by atoms with van der Waals surface area (Å²) in [5.41, 5.74) is 5.11. The molecule has 2 aromatic heterocycles. The van der Waals surface area contributed by atoms with Gasteiger partial charge in [0.25, 0.3) is 0 Å². The summed E-state index contributed by atoms with van der Waals surface area (Å²) in [7, 11) is 0. The van der Waals surface area contributed by atoms with Gasteiger partial charge in [-0.05, 0) is 23.2 Å². The smallest absolute Gasteiger partial charge is 0.0560 e. The van der Waals surface area contributed by atoms with Crippen molar-refractivity contribution in [3.05, 3.63) is 121 Å². The third-order valence-electron chi connectivity index (χ3n) is 5.49. The largest absolute Gasteiger partial charge is 0.371 e. The Morgan fingerprint density at radius 2 is 1.71 bits per heavy atom. The zero-order chi connectivity index (χ0) is 22.6. The predicted octanol–water partition coefficient (Wildman–Crippen LogP) is 6.40. The van der Waals surface area contributed by atoms with Gasteiger partial charge in [0.15, 0.2) is 0 Å². The van der Waals surface area contributed by atoms with Gasteiger partial charge in [0.1, 0.15) is 0 Å². The molecule has 3 aromatic carbocycles. The van der Waals surface area contributed by atoms with Crippen LogP contribution in [0.1, 0.15) is 5.56 Å². The summed E-state index contributed by atoms with van der Waals surface area (Å²) >= 11 is 0. The fraction of sp³-hybridized carbons (Fsp3) is 0.0714. The van der Waals surface area contributed by atoms with Crippen molar-refractivity contribution in [3.63, 3.8) is 0 Å². The number of hydrogen-bond acceptors (Lipinski definition) is 2. The Bertz CT molecular complexity index is 1380. The molecule has 0 amide bonds. The Morgan fingerprint density at radius 3 is 2.47 bits per heavy atom. The maximum atomic E-state index is 13.6. The van der Waals surface area contributed by atoms with E-state index in [1.807, 2.05) is 60.9 Å². The Balaban J connectivity index is 0.000000169. The summed E-state index contributed by atoms with van der Waals surface area (Å²) in [6.45, 7) is 1.04. The summed E-state index contributed by atoms with van der Waals surface area (Å²) < 4.78 is 28.7. The number of halogens is 2. The van der Waals surface area contributed by atoms with E-state index in [9.17, 15) is 8.78 Å². The van der Waals surface area contributed by atoms with E-state index in [1.165, 1.54) is 11.1 Å². The van der Waals surface area contributed by atoms with Crippen molar-refractivity contribution in [2.24, 2.45) is 0 Å². The second kappa shape index (κ2) is 10.6. The van der Waals surface area contributed by atoms with Crippen LogP contribution >= 0.6 is 0 Å². The van der Waals surface area contributed by atoms with Crippen molar-refractivity contribution < 1.29 is 28.9 Å². The van der Waals surface area contributed by atoms with Crippen LogP contribution in [0, 0.1) is 23.8 Å². The van der Waals surface area contributed by atoms with E-state index in [1.54, 1.807) is 12.3 Å². The molecule has 0 bridgehead atoms. The Kier molecular flexibility index (Phi) is 7.41. The topological polar surface area (TPSA) is 30.7 Å². The van der Waals surface area contributed by atoms with Crippen molar-refractivity contribution in [2.45, 2.75) is 13.0 Å². The van der Waals surface area contributed by atoms with Crippen LogP contribution in [0.4, 0.5) is 8.78 Å². The summed E-state index contributed by atoms with van der Waals surface area (Å²) in [5, 5.41) is 0. The van der Waals surface area contributed by atoms with E-state index >= 15 is 0 Å². The predicted molar refractivity (Wildman–Crippen MR) is 124 cm³/mol. The Morgan fingerprint density at radius 1 is 0.853 bits per heavy atom. The maximum Gasteiger partial charge on any atom is 0.0560 e. The number of imidazole rings is 1. The molecule has 3 nitrogen and oxygen atoms in total. The molecule has 0 unspecified atom stereocenters. The molecule has 0 atom stereocenters. The molecule has 0 N–H and O–H groups in total. The molecule has 0 aliphatic carbocycles. The fourth-order valence-electron chi connectivity index (χ4n) is 3.83. The Hall–Kier alpha value is -3.47. The van der Waals surface area contributed by atoms with Gasteiger partial charge >= 0.3 is 0 Å². The van der Waals surface area contributed by atoms with Crippen LogP contribution in [-0.4, -0.2) is 14.5 Å². The van der Waals surface area contributed by atoms with Crippen LogP contribution in [0.15, 0.2) is 91.4 Å². The summed E-state index contributed by atoms with van der Waals surface area (Å²) in [6, 6.07) is 27.2. The van der Waals surface area contributed by atoms with Crippen LogP contribution in [0.5, 0.6) is 0 Å². The first-order valence-electron chi connectivity index (χ1n) is 10.6. The summed E-state index contributed by atoms with van der Waals surface area (Å²) in [4.78, 5) is 8.55. The molecule has 1 aliphatic rings. The van der Waals surface area contributed by atoms with E-state index in [2.05, 4.69) is 32.7 Å². The molecule has 0 saturated heterocycles. The van der Waals surface area contributed by atoms with Gasteiger partial charge in [0.2, 0.25) is 0 Å². The molecular weight excluding hydrogens is 609 g/mol. The van der Waals surface area contributed by atoms with Crippen molar-refractivity contribution in [2.75, 3.05) is 0 Å². The second-order valence-electron chi connectivity index (χ2n) is 7.60. The minimum atomic E-state index is -0.662. The van der Waals surface area contributed by atoms with Crippen molar-refractivity contribution in [1.29, 1.82) is 0 Å². The standard InChI is InChI=1S/C17H10F2N.C11H9N2.Ir/c18-14-7-8-15(16(19)10-14)17-9-6-13(11-20-17)12-4-2-1-3-5-12;1-2-4-10-9(3-1)5-7-13-8-6-12-11(10)13;/h1-7,9-11H;1-3,6,8H,5,7H2;/q2*-1;. The zero-order valence-electron chi connectivity index (χ0n) is 18.0. The molecule has 6 rings (SSSR count). The number of benzene rings is 3. The number of nitrogens with zero attached hydrogens (tertiary/aromatic N) is 3. The first kappa shape index (κ1) is 23.7. The van der Waals surface area contributed by atoms with Gasteiger partial charge < -0.3 is 9.55 Å². The van der Waals surface area contributed by atoms with Crippen LogP contribution < -0.4 is 0 Å².